The molecule has 0 radical (unpaired) electrons. The van der Waals surface area contributed by atoms with Crippen molar-refractivity contribution in [2.75, 3.05) is 12.3 Å². The van der Waals surface area contributed by atoms with Gasteiger partial charge in [-0.15, -0.1) is 5.10 Å². The smallest absolute Gasteiger partial charge is 0.233 e. The minimum absolute atomic E-state index is 0.111. The first-order valence-electron chi connectivity index (χ1n) is 8.15. The highest BCUT2D eigenvalue weighted by molar-refractivity contribution is 7.99. The van der Waals surface area contributed by atoms with Gasteiger partial charge in [-0.05, 0) is 54.3 Å². The maximum absolute atomic E-state index is 13.4. The number of nitrogens with zero attached hydrogens (tertiary/aromatic N) is 5. The molecule has 0 unspecified atom stereocenters. The van der Waals surface area contributed by atoms with Crippen molar-refractivity contribution in [3.63, 3.8) is 0 Å². The van der Waals surface area contributed by atoms with Gasteiger partial charge in [-0.2, -0.15) is 4.68 Å². The van der Waals surface area contributed by atoms with Crippen LogP contribution in [0.3, 0.4) is 0 Å². The summed E-state index contributed by atoms with van der Waals surface area (Å²) in [5.74, 6) is 0.0427. The van der Waals surface area contributed by atoms with Gasteiger partial charge in [0.2, 0.25) is 11.1 Å². The minimum Gasteiger partial charge on any atom is -0.339 e. The van der Waals surface area contributed by atoms with Crippen LogP contribution in [0.5, 0.6) is 0 Å². The summed E-state index contributed by atoms with van der Waals surface area (Å²) in [4.78, 5) is 14.5. The monoisotopic (exact) mass is 349 g/mol. The number of benzene rings is 1. The van der Waals surface area contributed by atoms with Crippen molar-refractivity contribution in [1.29, 1.82) is 0 Å². The molecule has 0 N–H and O–H groups in total. The molecule has 128 valence electrons. The van der Waals surface area contributed by atoms with Crippen LogP contribution >= 0.6 is 11.8 Å². The van der Waals surface area contributed by atoms with E-state index in [9.17, 15) is 9.18 Å². The zero-order chi connectivity index (χ0) is 16.9. The molecule has 1 aliphatic rings. The summed E-state index contributed by atoms with van der Waals surface area (Å²) >= 11 is 1.28. The average molecular weight is 349 g/mol. The number of rotatable bonds is 5. The topological polar surface area (TPSA) is 63.9 Å². The van der Waals surface area contributed by atoms with Gasteiger partial charge in [0.05, 0.1) is 11.4 Å². The molecule has 6 nitrogen and oxygen atoms in total. The Labute approximate surface area is 144 Å². The summed E-state index contributed by atoms with van der Waals surface area (Å²) in [6.45, 7) is 2.95. The van der Waals surface area contributed by atoms with Gasteiger partial charge in [0, 0.05) is 12.6 Å². The second kappa shape index (κ2) is 7.74. The maximum atomic E-state index is 13.4. The Hall–Kier alpha value is -1.96. The van der Waals surface area contributed by atoms with Crippen LogP contribution in [0.1, 0.15) is 32.6 Å². The van der Waals surface area contributed by atoms with Gasteiger partial charge in [-0.25, -0.2) is 4.39 Å². The molecule has 1 atom stereocenters. The molecule has 24 heavy (non-hydrogen) atoms. The number of halogens is 1. The molecule has 2 aromatic rings. The molecule has 0 saturated carbocycles. The lowest BCUT2D eigenvalue weighted by molar-refractivity contribution is -0.132. The summed E-state index contributed by atoms with van der Waals surface area (Å²) in [6, 6.07) is 6.39. The summed E-state index contributed by atoms with van der Waals surface area (Å²) in [5, 5.41) is 12.0. The van der Waals surface area contributed by atoms with Crippen molar-refractivity contribution in [3.05, 3.63) is 30.1 Å². The number of carbonyl (C=O) groups excluding carboxylic acids is 1. The number of piperidine rings is 1. The van der Waals surface area contributed by atoms with Gasteiger partial charge in [-0.3, -0.25) is 4.79 Å². The van der Waals surface area contributed by atoms with Crippen LogP contribution < -0.4 is 0 Å². The van der Waals surface area contributed by atoms with Gasteiger partial charge in [-0.1, -0.05) is 24.8 Å². The molecular weight excluding hydrogens is 329 g/mol. The normalized spacial score (nSPS) is 17.9. The van der Waals surface area contributed by atoms with Crippen molar-refractivity contribution in [1.82, 2.24) is 25.1 Å². The number of likely N-dealkylation sites (tertiary alicyclic amines) is 1. The average Bonchev–Trinajstić information content (AvgIpc) is 3.08. The second-order valence-electron chi connectivity index (χ2n) is 5.79. The fourth-order valence-corrected chi connectivity index (χ4v) is 3.78. The number of aromatic nitrogens is 4. The van der Waals surface area contributed by atoms with E-state index in [0.717, 1.165) is 25.8 Å². The second-order valence-corrected chi connectivity index (χ2v) is 6.73. The first-order chi connectivity index (χ1) is 11.7. The Balaban J connectivity index is 1.67. The van der Waals surface area contributed by atoms with Gasteiger partial charge < -0.3 is 4.90 Å². The Morgan fingerprint density at radius 1 is 1.42 bits per heavy atom. The van der Waals surface area contributed by atoms with Crippen molar-refractivity contribution in [2.45, 2.75) is 43.8 Å². The number of hydrogen-bond donors (Lipinski definition) is 0. The summed E-state index contributed by atoms with van der Waals surface area (Å²) < 4.78 is 14.8. The van der Waals surface area contributed by atoms with Crippen LogP contribution in [-0.2, 0) is 4.79 Å². The third-order valence-electron chi connectivity index (χ3n) is 4.24. The van der Waals surface area contributed by atoms with E-state index in [0.29, 0.717) is 16.9 Å². The van der Waals surface area contributed by atoms with Gasteiger partial charge in [0.15, 0.2) is 0 Å². The molecular formula is C16H20FN5OS. The highest BCUT2D eigenvalue weighted by atomic mass is 32.2. The Morgan fingerprint density at radius 2 is 2.29 bits per heavy atom. The summed E-state index contributed by atoms with van der Waals surface area (Å²) in [5.41, 5.74) is 0.541. The summed E-state index contributed by atoms with van der Waals surface area (Å²) in [6.07, 6.45) is 4.31. The largest absolute Gasteiger partial charge is 0.339 e. The van der Waals surface area contributed by atoms with Crippen molar-refractivity contribution >= 4 is 17.7 Å². The van der Waals surface area contributed by atoms with E-state index < -0.39 is 0 Å². The zero-order valence-corrected chi connectivity index (χ0v) is 14.4. The molecule has 0 spiro atoms. The van der Waals surface area contributed by atoms with E-state index in [4.69, 9.17) is 0 Å². The van der Waals surface area contributed by atoms with Crippen molar-refractivity contribution in [3.8, 4) is 5.69 Å². The van der Waals surface area contributed by atoms with Crippen molar-refractivity contribution in [2.24, 2.45) is 0 Å². The number of amides is 1. The third-order valence-corrected chi connectivity index (χ3v) is 5.14. The predicted molar refractivity (Wildman–Crippen MR) is 89.5 cm³/mol. The van der Waals surface area contributed by atoms with Crippen LogP contribution in [0.2, 0.25) is 0 Å². The van der Waals surface area contributed by atoms with Crippen LogP contribution in [-0.4, -0.2) is 49.4 Å². The van der Waals surface area contributed by atoms with E-state index >= 15 is 0 Å². The van der Waals surface area contributed by atoms with E-state index in [1.807, 2.05) is 4.90 Å². The molecule has 1 fully saturated rings. The molecule has 1 amide bonds. The fourth-order valence-electron chi connectivity index (χ4n) is 3.00. The quantitative estimate of drug-likeness (QED) is 0.777. The standard InChI is InChI=1S/C16H20FN5OS/c1-2-13-7-3-4-9-21(13)15(23)11-24-16-18-19-20-22(16)14-8-5-6-12(17)10-14/h5-6,8,10,13H,2-4,7,9,11H2,1H3/t13-/m0/s1. The molecule has 3 rings (SSSR count). The summed E-state index contributed by atoms with van der Waals surface area (Å²) in [7, 11) is 0. The van der Waals surface area contributed by atoms with E-state index in [1.54, 1.807) is 12.1 Å². The Morgan fingerprint density at radius 3 is 3.08 bits per heavy atom. The minimum atomic E-state index is -0.353. The van der Waals surface area contributed by atoms with E-state index in [2.05, 4.69) is 22.4 Å². The maximum Gasteiger partial charge on any atom is 0.233 e. The number of tetrazole rings is 1. The molecule has 0 bridgehead atoms. The zero-order valence-electron chi connectivity index (χ0n) is 13.6. The first-order valence-corrected chi connectivity index (χ1v) is 9.14. The lowest BCUT2D eigenvalue weighted by Gasteiger charge is -2.35. The van der Waals surface area contributed by atoms with Crippen LogP contribution in [0, 0.1) is 5.82 Å². The SMILES string of the molecule is CC[C@H]1CCCCN1C(=O)CSc1nnnn1-c1cccc(F)c1. The molecule has 2 heterocycles. The number of hydrogen-bond acceptors (Lipinski definition) is 5. The molecule has 1 aromatic carbocycles. The molecule has 0 aliphatic carbocycles. The number of carbonyl (C=O) groups is 1. The highest BCUT2D eigenvalue weighted by Gasteiger charge is 2.25. The molecule has 1 aromatic heterocycles. The van der Waals surface area contributed by atoms with Gasteiger partial charge in [0.1, 0.15) is 5.82 Å². The Bertz CT molecular complexity index is 707. The molecule has 8 heteroatoms. The molecule has 1 saturated heterocycles. The lowest BCUT2D eigenvalue weighted by atomic mass is 10.0. The first kappa shape index (κ1) is 16.9. The molecule has 1 aliphatic heterocycles. The van der Waals surface area contributed by atoms with Crippen LogP contribution in [0.25, 0.3) is 5.69 Å². The lowest BCUT2D eigenvalue weighted by Crippen LogP contribution is -2.44. The van der Waals surface area contributed by atoms with E-state index in [-0.39, 0.29) is 17.5 Å². The van der Waals surface area contributed by atoms with Crippen molar-refractivity contribution < 1.29 is 9.18 Å². The Kier molecular flexibility index (Phi) is 5.44. The van der Waals surface area contributed by atoms with Crippen LogP contribution in [0.15, 0.2) is 29.4 Å². The predicted octanol–water partition coefficient (Wildman–Crippen LogP) is 2.68. The van der Waals surface area contributed by atoms with E-state index in [1.165, 1.54) is 35.0 Å². The number of thioether (sulfide) groups is 1. The fraction of sp³-hybridized carbons (Fsp3) is 0.500. The van der Waals surface area contributed by atoms with Gasteiger partial charge >= 0.3 is 0 Å². The third kappa shape index (κ3) is 3.75. The van der Waals surface area contributed by atoms with Gasteiger partial charge in [0.25, 0.3) is 0 Å². The highest BCUT2D eigenvalue weighted by Crippen LogP contribution is 2.23. The van der Waals surface area contributed by atoms with Crippen LogP contribution in [0.4, 0.5) is 4.39 Å².